The van der Waals surface area contributed by atoms with Gasteiger partial charge in [0.1, 0.15) is 5.75 Å². The van der Waals surface area contributed by atoms with Crippen LogP contribution in [0.2, 0.25) is 5.02 Å². The van der Waals surface area contributed by atoms with Gasteiger partial charge in [0, 0.05) is 5.02 Å². The van der Waals surface area contributed by atoms with Gasteiger partial charge in [-0.3, -0.25) is 0 Å². The number of hydrogen-bond donors (Lipinski definition) is 1. The number of benzene rings is 1. The topological polar surface area (TPSA) is 61.0 Å². The van der Waals surface area contributed by atoms with E-state index < -0.39 is 0 Å². The maximum atomic E-state index is 5.85. The van der Waals surface area contributed by atoms with Gasteiger partial charge in [0.25, 0.3) is 0 Å². The molecule has 0 fully saturated rings. The van der Waals surface area contributed by atoms with Crippen molar-refractivity contribution in [2.24, 2.45) is 0 Å². The molecule has 78 valence electrons. The van der Waals surface area contributed by atoms with E-state index in [1.807, 2.05) is 6.07 Å². The molecule has 6 heteroatoms. The molecule has 0 spiro atoms. The number of nitrogens with zero attached hydrogens (tertiary/aromatic N) is 2. The zero-order chi connectivity index (χ0) is 10.8. The number of methoxy groups -OCH3 is 1. The van der Waals surface area contributed by atoms with Gasteiger partial charge in [-0.1, -0.05) is 22.9 Å². The lowest BCUT2D eigenvalue weighted by atomic mass is 10.2. The molecule has 0 atom stereocenters. The Morgan fingerprint density at radius 2 is 2.20 bits per heavy atom. The first-order chi connectivity index (χ1) is 7.20. The first-order valence-electron chi connectivity index (χ1n) is 4.13. The first kappa shape index (κ1) is 10.2. The summed E-state index contributed by atoms with van der Waals surface area (Å²) in [4.78, 5) is 0. The molecule has 2 N–H and O–H groups in total. The predicted molar refractivity (Wildman–Crippen MR) is 61.3 cm³/mol. The van der Waals surface area contributed by atoms with Gasteiger partial charge >= 0.3 is 0 Å². The third kappa shape index (κ3) is 2.03. The quantitative estimate of drug-likeness (QED) is 0.877. The monoisotopic (exact) mass is 241 g/mol. The highest BCUT2D eigenvalue weighted by Gasteiger charge is 2.10. The second kappa shape index (κ2) is 4.04. The lowest BCUT2D eigenvalue weighted by Gasteiger charge is -2.05. The fourth-order valence-corrected chi connectivity index (χ4v) is 1.99. The fraction of sp³-hybridized carbons (Fsp3) is 0.111. The average Bonchev–Trinajstić information content (AvgIpc) is 2.64. The molecule has 0 saturated heterocycles. The average molecular weight is 242 g/mol. The van der Waals surface area contributed by atoms with Gasteiger partial charge in [-0.05, 0) is 18.2 Å². The molecule has 0 aliphatic carbocycles. The maximum Gasteiger partial charge on any atom is 0.203 e. The molecular weight excluding hydrogens is 234 g/mol. The minimum absolute atomic E-state index is 0.432. The van der Waals surface area contributed by atoms with E-state index >= 15 is 0 Å². The summed E-state index contributed by atoms with van der Waals surface area (Å²) in [5.41, 5.74) is 6.36. The Hall–Kier alpha value is -1.33. The SMILES string of the molecule is COc1cc(Cl)ccc1-c1nnc(N)s1. The van der Waals surface area contributed by atoms with Gasteiger partial charge in [0.05, 0.1) is 12.7 Å². The first-order valence-corrected chi connectivity index (χ1v) is 5.33. The Kier molecular flexibility index (Phi) is 2.75. The molecule has 15 heavy (non-hydrogen) atoms. The zero-order valence-electron chi connectivity index (χ0n) is 7.90. The number of aromatic nitrogens is 2. The van der Waals surface area contributed by atoms with Crippen molar-refractivity contribution in [3.8, 4) is 16.3 Å². The Morgan fingerprint density at radius 1 is 1.40 bits per heavy atom. The van der Waals surface area contributed by atoms with Crippen LogP contribution >= 0.6 is 22.9 Å². The number of nitrogen functional groups attached to an aromatic ring is 1. The van der Waals surface area contributed by atoms with E-state index in [1.54, 1.807) is 19.2 Å². The number of rotatable bonds is 2. The molecule has 2 aromatic rings. The van der Waals surface area contributed by atoms with Crippen LogP contribution in [0.25, 0.3) is 10.6 Å². The van der Waals surface area contributed by atoms with E-state index in [-0.39, 0.29) is 0 Å². The summed E-state index contributed by atoms with van der Waals surface area (Å²) in [6.07, 6.45) is 0. The molecule has 4 nitrogen and oxygen atoms in total. The minimum atomic E-state index is 0.432. The zero-order valence-corrected chi connectivity index (χ0v) is 9.47. The highest BCUT2D eigenvalue weighted by Crippen LogP contribution is 2.34. The summed E-state index contributed by atoms with van der Waals surface area (Å²) >= 11 is 7.16. The molecule has 1 aromatic carbocycles. The van der Waals surface area contributed by atoms with Crippen LogP contribution in [0.5, 0.6) is 5.75 Å². The van der Waals surface area contributed by atoms with Gasteiger partial charge in [-0.25, -0.2) is 0 Å². The van der Waals surface area contributed by atoms with Crippen molar-refractivity contribution < 1.29 is 4.74 Å². The van der Waals surface area contributed by atoms with Crippen LogP contribution in [0.4, 0.5) is 5.13 Å². The largest absolute Gasteiger partial charge is 0.496 e. The van der Waals surface area contributed by atoms with Crippen molar-refractivity contribution in [1.29, 1.82) is 0 Å². The summed E-state index contributed by atoms with van der Waals surface area (Å²) < 4.78 is 5.20. The Balaban J connectivity index is 2.52. The second-order valence-electron chi connectivity index (χ2n) is 2.79. The third-order valence-electron chi connectivity index (χ3n) is 1.83. The summed E-state index contributed by atoms with van der Waals surface area (Å²) in [6, 6.07) is 5.34. The number of ether oxygens (including phenoxy) is 1. The van der Waals surface area contributed by atoms with Crippen LogP contribution in [0.15, 0.2) is 18.2 Å². The second-order valence-corrected chi connectivity index (χ2v) is 4.24. The van der Waals surface area contributed by atoms with Gasteiger partial charge in [-0.2, -0.15) is 0 Å². The van der Waals surface area contributed by atoms with E-state index in [1.165, 1.54) is 11.3 Å². The van der Waals surface area contributed by atoms with Crippen LogP contribution < -0.4 is 10.5 Å². The van der Waals surface area contributed by atoms with Crippen LogP contribution in [0, 0.1) is 0 Å². The van der Waals surface area contributed by atoms with Gasteiger partial charge in [-0.15, -0.1) is 10.2 Å². The van der Waals surface area contributed by atoms with E-state index in [4.69, 9.17) is 22.1 Å². The lowest BCUT2D eigenvalue weighted by Crippen LogP contribution is -1.87. The van der Waals surface area contributed by atoms with Crippen molar-refractivity contribution in [2.75, 3.05) is 12.8 Å². The Labute approximate surface area is 95.7 Å². The molecule has 1 heterocycles. The van der Waals surface area contributed by atoms with E-state index in [0.717, 1.165) is 10.6 Å². The van der Waals surface area contributed by atoms with Crippen LogP contribution in [0.3, 0.4) is 0 Å². The molecule has 0 aliphatic rings. The molecular formula is C9H8ClN3OS. The van der Waals surface area contributed by atoms with E-state index in [2.05, 4.69) is 10.2 Å². The van der Waals surface area contributed by atoms with Crippen molar-refractivity contribution in [2.45, 2.75) is 0 Å². The maximum absolute atomic E-state index is 5.85. The highest BCUT2D eigenvalue weighted by atomic mass is 35.5. The summed E-state index contributed by atoms with van der Waals surface area (Å²) in [5, 5.41) is 9.47. The van der Waals surface area contributed by atoms with Crippen LogP contribution in [-0.4, -0.2) is 17.3 Å². The molecule has 2 rings (SSSR count). The smallest absolute Gasteiger partial charge is 0.203 e. The molecule has 0 aliphatic heterocycles. The molecule has 0 radical (unpaired) electrons. The van der Waals surface area contributed by atoms with E-state index in [0.29, 0.717) is 15.9 Å². The predicted octanol–water partition coefficient (Wildman–Crippen LogP) is 2.45. The minimum Gasteiger partial charge on any atom is -0.496 e. The Bertz CT molecular complexity index is 486. The molecule has 0 saturated carbocycles. The Morgan fingerprint density at radius 3 is 2.80 bits per heavy atom. The molecule has 0 bridgehead atoms. The van der Waals surface area contributed by atoms with Crippen LogP contribution in [-0.2, 0) is 0 Å². The van der Waals surface area contributed by atoms with Gasteiger partial charge in [0.15, 0.2) is 5.01 Å². The molecule has 0 unspecified atom stereocenters. The van der Waals surface area contributed by atoms with Crippen molar-refractivity contribution in [1.82, 2.24) is 10.2 Å². The highest BCUT2D eigenvalue weighted by molar-refractivity contribution is 7.18. The van der Waals surface area contributed by atoms with Crippen molar-refractivity contribution >= 4 is 28.1 Å². The summed E-state index contributed by atoms with van der Waals surface area (Å²) in [6.45, 7) is 0. The molecule has 1 aromatic heterocycles. The number of halogens is 1. The van der Waals surface area contributed by atoms with Crippen molar-refractivity contribution in [3.05, 3.63) is 23.2 Å². The lowest BCUT2D eigenvalue weighted by molar-refractivity contribution is 0.416. The number of hydrogen-bond acceptors (Lipinski definition) is 5. The normalized spacial score (nSPS) is 10.3. The number of nitrogens with two attached hydrogens (primary N) is 1. The third-order valence-corrected chi connectivity index (χ3v) is 2.86. The van der Waals surface area contributed by atoms with Crippen LogP contribution in [0.1, 0.15) is 0 Å². The molecule has 0 amide bonds. The standard InChI is InChI=1S/C9H8ClN3OS/c1-14-7-4-5(10)2-3-6(7)8-12-13-9(11)15-8/h2-4H,1H3,(H2,11,13). The summed E-state index contributed by atoms with van der Waals surface area (Å²) in [5.74, 6) is 0.665. The van der Waals surface area contributed by atoms with Gasteiger partial charge in [0.2, 0.25) is 5.13 Å². The summed E-state index contributed by atoms with van der Waals surface area (Å²) in [7, 11) is 1.58. The van der Waals surface area contributed by atoms with E-state index in [9.17, 15) is 0 Å². The fourth-order valence-electron chi connectivity index (χ4n) is 1.19. The number of anilines is 1. The van der Waals surface area contributed by atoms with Crippen molar-refractivity contribution in [3.63, 3.8) is 0 Å². The van der Waals surface area contributed by atoms with Gasteiger partial charge < -0.3 is 10.5 Å².